The largest absolute Gasteiger partial charge is 0.399 e. The lowest BCUT2D eigenvalue weighted by Gasteiger charge is -2.07. The first-order chi connectivity index (χ1) is 15.2. The topological polar surface area (TPSA) is 106 Å². The van der Waals surface area contributed by atoms with Crippen molar-refractivity contribution in [3.8, 4) is 0 Å². The van der Waals surface area contributed by atoms with Gasteiger partial charge in [0.1, 0.15) is 11.6 Å². The highest BCUT2D eigenvalue weighted by Crippen LogP contribution is 2.20. The molecule has 0 saturated carbocycles. The summed E-state index contributed by atoms with van der Waals surface area (Å²) < 4.78 is 70.5. The Morgan fingerprint density at radius 3 is 1.70 bits per heavy atom. The molecule has 188 valence electrons. The molecule has 0 saturated heterocycles. The van der Waals surface area contributed by atoms with Crippen LogP contribution >= 0.6 is 57.1 Å². The van der Waals surface area contributed by atoms with E-state index in [0.717, 1.165) is 6.07 Å². The van der Waals surface area contributed by atoms with Crippen LogP contribution in [0.15, 0.2) is 36.4 Å². The first kappa shape index (κ1) is 32.2. The lowest BCUT2D eigenvalue weighted by molar-refractivity contribution is 0.599. The molecule has 0 aliphatic heterocycles. The van der Waals surface area contributed by atoms with E-state index in [2.05, 4.69) is 4.72 Å². The molecule has 3 N–H and O–H groups in total. The van der Waals surface area contributed by atoms with E-state index >= 15 is 0 Å². The minimum atomic E-state index is -3.44. The molecule has 33 heavy (non-hydrogen) atoms. The molecule has 0 aromatic heterocycles. The van der Waals surface area contributed by atoms with Crippen molar-refractivity contribution in [2.75, 3.05) is 33.7 Å². The lowest BCUT2D eigenvalue weighted by atomic mass is 10.3. The number of hydrogen-bond donors (Lipinski definition) is 2. The fourth-order valence-electron chi connectivity index (χ4n) is 1.77. The molecule has 0 amide bonds. The highest BCUT2D eigenvalue weighted by Gasteiger charge is 2.10. The number of anilines is 2. The van der Waals surface area contributed by atoms with Gasteiger partial charge in [0.05, 0.1) is 27.2 Å². The van der Waals surface area contributed by atoms with Crippen LogP contribution in [0.25, 0.3) is 0 Å². The van der Waals surface area contributed by atoms with Gasteiger partial charge in [-0.1, -0.05) is 23.2 Å². The van der Waals surface area contributed by atoms with Crippen molar-refractivity contribution in [2.24, 2.45) is 0 Å². The number of benzene rings is 2. The number of sulfonamides is 1. The highest BCUT2D eigenvalue weighted by molar-refractivity contribution is 8.13. The van der Waals surface area contributed by atoms with Crippen molar-refractivity contribution in [2.45, 2.75) is 12.8 Å². The second-order valence-corrected chi connectivity index (χ2v) is 12.4. The van der Waals surface area contributed by atoms with E-state index in [1.165, 1.54) is 30.3 Å². The normalized spacial score (nSPS) is 11.0. The number of nitrogen functional groups attached to an aromatic ring is 1. The number of halogens is 7. The van der Waals surface area contributed by atoms with E-state index in [-0.39, 0.29) is 33.1 Å². The molecule has 0 heterocycles. The zero-order valence-electron chi connectivity index (χ0n) is 16.9. The molecule has 0 unspecified atom stereocenters. The Labute approximate surface area is 216 Å². The van der Waals surface area contributed by atoms with E-state index in [9.17, 15) is 25.6 Å². The van der Waals surface area contributed by atoms with Gasteiger partial charge in [0.2, 0.25) is 19.1 Å². The predicted molar refractivity (Wildman–Crippen MR) is 135 cm³/mol. The Balaban J connectivity index is 0.000000511. The Morgan fingerprint density at radius 1 is 0.818 bits per heavy atom. The number of rotatable bonds is 8. The summed E-state index contributed by atoms with van der Waals surface area (Å²) in [6.45, 7) is 0. The lowest BCUT2D eigenvalue weighted by Crippen LogP contribution is -2.17. The minimum absolute atomic E-state index is 0.0297. The van der Waals surface area contributed by atoms with Crippen LogP contribution in [0.4, 0.5) is 20.2 Å². The number of nitrogens with two attached hydrogens (primary N) is 1. The third-order valence-corrected chi connectivity index (χ3v) is 6.93. The van der Waals surface area contributed by atoms with Gasteiger partial charge < -0.3 is 5.73 Å². The minimum Gasteiger partial charge on any atom is -0.399 e. The van der Waals surface area contributed by atoms with E-state index in [1.54, 1.807) is 0 Å². The summed E-state index contributed by atoms with van der Waals surface area (Å²) in [6.07, 6.45) is 0.777. The van der Waals surface area contributed by atoms with Gasteiger partial charge in [0, 0.05) is 28.1 Å². The highest BCUT2D eigenvalue weighted by atomic mass is 35.7. The van der Waals surface area contributed by atoms with E-state index in [1.807, 2.05) is 0 Å². The summed E-state index contributed by atoms with van der Waals surface area (Å²) in [6, 6.07) is 7.69. The van der Waals surface area contributed by atoms with Crippen LogP contribution in [0.1, 0.15) is 12.8 Å². The molecule has 0 bridgehead atoms. The molecule has 0 aliphatic carbocycles. The third kappa shape index (κ3) is 16.5. The fourth-order valence-corrected chi connectivity index (χ4v) is 4.66. The number of hydrogen-bond acceptors (Lipinski definition) is 5. The molecule has 2 aromatic rings. The molecule has 2 rings (SSSR count). The van der Waals surface area contributed by atoms with Crippen LogP contribution in [-0.4, -0.2) is 40.1 Å². The van der Waals surface area contributed by atoms with Gasteiger partial charge in [-0.2, -0.15) is 0 Å². The standard InChI is InChI=1S/C9H10Cl2FNO2S.C6H5ClFN.C3H6Cl2O2S/c10-4-1-5-16(14,15)13-7-2-3-9(12)8(11)6-7;7-5-3-4(9)1-2-6(5)8;4-2-1-3-8(5,6)7/h2-3,6,13H,1,4-5H2;1-3H,9H2;1-3H2. The van der Waals surface area contributed by atoms with Crippen LogP contribution in [-0.2, 0) is 19.1 Å². The molecule has 0 fully saturated rings. The van der Waals surface area contributed by atoms with Gasteiger partial charge in [0.25, 0.3) is 0 Å². The Hall–Kier alpha value is -0.750. The van der Waals surface area contributed by atoms with E-state index in [4.69, 9.17) is 62.8 Å². The zero-order valence-corrected chi connectivity index (χ0v) is 22.3. The second kappa shape index (κ2) is 16.0. The van der Waals surface area contributed by atoms with E-state index < -0.39 is 30.7 Å². The van der Waals surface area contributed by atoms with Gasteiger partial charge in [-0.25, -0.2) is 25.6 Å². The molecular formula is C18H21Cl5F2N2O4S2. The molecule has 6 nitrogen and oxygen atoms in total. The van der Waals surface area contributed by atoms with Crippen molar-refractivity contribution in [1.29, 1.82) is 0 Å². The maximum atomic E-state index is 12.8. The van der Waals surface area contributed by atoms with Crippen LogP contribution < -0.4 is 10.5 Å². The SMILES string of the molecule is Nc1ccc(F)c(Cl)c1.O=S(=O)(CCCCl)Nc1ccc(F)c(Cl)c1.O=S(=O)(Cl)CCCCl. The predicted octanol–water partition coefficient (Wildman–Crippen LogP) is 6.09. The zero-order chi connectivity index (χ0) is 25.7. The van der Waals surface area contributed by atoms with Crippen LogP contribution in [0, 0.1) is 11.6 Å². The third-order valence-electron chi connectivity index (χ3n) is 3.21. The van der Waals surface area contributed by atoms with Crippen LogP contribution in [0.2, 0.25) is 10.0 Å². The molecule has 0 aliphatic rings. The summed E-state index contributed by atoms with van der Waals surface area (Å²) in [5, 5.41) is -0.0625. The molecule has 0 atom stereocenters. The number of nitrogens with one attached hydrogen (secondary N) is 1. The molecule has 0 radical (unpaired) electrons. The number of alkyl halides is 2. The molecule has 15 heteroatoms. The summed E-state index contributed by atoms with van der Waals surface area (Å²) in [5.41, 5.74) is 5.99. The first-order valence-electron chi connectivity index (χ1n) is 8.91. The van der Waals surface area contributed by atoms with Gasteiger partial charge in [0.15, 0.2) is 0 Å². The summed E-state index contributed by atoms with van der Waals surface area (Å²) >= 11 is 21.5. The average molecular weight is 609 g/mol. The molecular weight excluding hydrogens is 588 g/mol. The fraction of sp³-hybridized carbons (Fsp3) is 0.333. The smallest absolute Gasteiger partial charge is 0.232 e. The summed E-state index contributed by atoms with van der Waals surface area (Å²) in [7, 11) is -1.91. The van der Waals surface area contributed by atoms with Crippen molar-refractivity contribution in [1.82, 2.24) is 0 Å². The van der Waals surface area contributed by atoms with Gasteiger partial charge in [-0.15, -0.1) is 23.2 Å². The summed E-state index contributed by atoms with van der Waals surface area (Å²) in [5.74, 6) is -0.531. The second-order valence-electron chi connectivity index (χ2n) is 6.05. The Morgan fingerprint density at radius 2 is 1.30 bits per heavy atom. The van der Waals surface area contributed by atoms with Gasteiger partial charge >= 0.3 is 0 Å². The van der Waals surface area contributed by atoms with Gasteiger partial charge in [-0.3, -0.25) is 4.72 Å². The maximum Gasteiger partial charge on any atom is 0.232 e. The van der Waals surface area contributed by atoms with Crippen molar-refractivity contribution in [3.63, 3.8) is 0 Å². The Bertz CT molecular complexity index is 1090. The molecule has 2 aromatic carbocycles. The monoisotopic (exact) mass is 606 g/mol. The van der Waals surface area contributed by atoms with Crippen molar-refractivity contribution < 1.29 is 25.6 Å². The first-order valence-corrected chi connectivity index (χ1v) is 14.9. The van der Waals surface area contributed by atoms with Crippen LogP contribution in [0.3, 0.4) is 0 Å². The van der Waals surface area contributed by atoms with Crippen molar-refractivity contribution in [3.05, 3.63) is 58.1 Å². The average Bonchev–Trinajstić information content (AvgIpc) is 2.71. The molecule has 0 spiro atoms. The van der Waals surface area contributed by atoms with E-state index in [0.29, 0.717) is 24.4 Å². The Kier molecular flexibility index (Phi) is 15.7. The summed E-state index contributed by atoms with van der Waals surface area (Å²) in [4.78, 5) is 0. The van der Waals surface area contributed by atoms with Gasteiger partial charge in [-0.05, 0) is 49.2 Å². The quantitative estimate of drug-likeness (QED) is 0.214. The van der Waals surface area contributed by atoms with Crippen molar-refractivity contribution >= 4 is 87.5 Å². The van der Waals surface area contributed by atoms with Crippen LogP contribution in [0.5, 0.6) is 0 Å². The maximum absolute atomic E-state index is 12.8.